The van der Waals surface area contributed by atoms with Crippen LogP contribution in [0, 0.1) is 10.1 Å². The maximum absolute atomic E-state index is 10.0. The van der Waals surface area contributed by atoms with Gasteiger partial charge in [0.2, 0.25) is 6.29 Å². The zero-order valence-electron chi connectivity index (χ0n) is 5.73. The van der Waals surface area contributed by atoms with E-state index in [1.807, 2.05) is 0 Å². The smallest absolute Gasteiger partial charge is 0.262 e. The zero-order valence-corrected chi connectivity index (χ0v) is 5.73. The summed E-state index contributed by atoms with van der Waals surface area (Å²) in [6, 6.07) is -1.23. The highest BCUT2D eigenvalue weighted by atomic mass is 16.6. The Morgan fingerprint density at radius 3 is 2.20 bits per heavy atom. The lowest BCUT2D eigenvalue weighted by molar-refractivity contribution is -0.547. The molecule has 10 heavy (non-hydrogen) atoms. The summed E-state index contributed by atoms with van der Waals surface area (Å²) in [6.45, 7) is 1.75. The van der Waals surface area contributed by atoms with Crippen molar-refractivity contribution in [2.24, 2.45) is 0 Å². The topological polar surface area (TPSA) is 83.6 Å². The molecule has 0 fully saturated rings. The maximum Gasteiger partial charge on any atom is 0.262 e. The molecular formula is C5H11NO4. The normalized spacial score (nSPS) is 13.6. The van der Waals surface area contributed by atoms with E-state index in [2.05, 4.69) is 0 Å². The molecule has 0 amide bonds. The van der Waals surface area contributed by atoms with E-state index in [9.17, 15) is 10.1 Å². The highest BCUT2D eigenvalue weighted by Crippen LogP contribution is 2.03. The summed E-state index contributed by atoms with van der Waals surface area (Å²) < 4.78 is 0. The molecule has 0 aliphatic rings. The van der Waals surface area contributed by atoms with Gasteiger partial charge in [0, 0.05) is 11.3 Å². The SMILES string of the molecule is CCCC(C(O)O)[N+](=O)[O-]. The van der Waals surface area contributed by atoms with Crippen molar-refractivity contribution >= 4 is 0 Å². The predicted molar refractivity (Wildman–Crippen MR) is 33.9 cm³/mol. The number of rotatable bonds is 4. The molecule has 0 bridgehead atoms. The fraction of sp³-hybridized carbons (Fsp3) is 1.00. The molecule has 5 heteroatoms. The quantitative estimate of drug-likeness (QED) is 0.328. The van der Waals surface area contributed by atoms with Gasteiger partial charge in [-0.1, -0.05) is 6.92 Å². The summed E-state index contributed by atoms with van der Waals surface area (Å²) in [6.07, 6.45) is -1.07. The van der Waals surface area contributed by atoms with Gasteiger partial charge in [0.25, 0.3) is 6.04 Å². The van der Waals surface area contributed by atoms with Crippen molar-refractivity contribution in [3.8, 4) is 0 Å². The van der Waals surface area contributed by atoms with Gasteiger partial charge in [0.15, 0.2) is 0 Å². The summed E-state index contributed by atoms with van der Waals surface area (Å²) in [7, 11) is 0. The monoisotopic (exact) mass is 149 g/mol. The van der Waals surface area contributed by atoms with Gasteiger partial charge in [-0.3, -0.25) is 10.1 Å². The first-order valence-corrected chi connectivity index (χ1v) is 3.09. The molecule has 0 radical (unpaired) electrons. The number of aliphatic hydroxyl groups is 2. The Hall–Kier alpha value is -0.680. The van der Waals surface area contributed by atoms with Gasteiger partial charge in [-0.15, -0.1) is 0 Å². The van der Waals surface area contributed by atoms with Crippen LogP contribution in [0.1, 0.15) is 19.8 Å². The third-order valence-corrected chi connectivity index (χ3v) is 1.20. The minimum atomic E-state index is -1.84. The van der Waals surface area contributed by atoms with Crippen LogP contribution >= 0.6 is 0 Å². The molecule has 1 atom stereocenters. The van der Waals surface area contributed by atoms with E-state index in [1.165, 1.54) is 0 Å². The van der Waals surface area contributed by atoms with Crippen LogP contribution in [0.25, 0.3) is 0 Å². The van der Waals surface area contributed by atoms with Crippen LogP contribution in [0.15, 0.2) is 0 Å². The number of aliphatic hydroxyl groups excluding tert-OH is 1. The maximum atomic E-state index is 10.0. The van der Waals surface area contributed by atoms with Crippen LogP contribution in [0.3, 0.4) is 0 Å². The van der Waals surface area contributed by atoms with Crippen molar-refractivity contribution in [1.82, 2.24) is 0 Å². The summed E-state index contributed by atoms with van der Waals surface area (Å²) >= 11 is 0. The van der Waals surface area contributed by atoms with Crippen LogP contribution in [0.4, 0.5) is 0 Å². The van der Waals surface area contributed by atoms with Gasteiger partial charge in [-0.25, -0.2) is 0 Å². The Morgan fingerprint density at radius 1 is 1.60 bits per heavy atom. The number of nitro groups is 1. The van der Waals surface area contributed by atoms with E-state index in [4.69, 9.17) is 10.2 Å². The Bertz CT molecular complexity index is 114. The van der Waals surface area contributed by atoms with Gasteiger partial charge in [0.1, 0.15) is 0 Å². The van der Waals surface area contributed by atoms with Gasteiger partial charge in [-0.05, 0) is 6.42 Å². The summed E-state index contributed by atoms with van der Waals surface area (Å²) in [5, 5.41) is 26.9. The Balaban J connectivity index is 3.85. The van der Waals surface area contributed by atoms with Crippen molar-refractivity contribution in [2.75, 3.05) is 0 Å². The molecule has 0 aliphatic carbocycles. The molecule has 60 valence electrons. The lowest BCUT2D eigenvalue weighted by atomic mass is 10.2. The second kappa shape index (κ2) is 4.19. The Labute approximate surface area is 58.4 Å². The van der Waals surface area contributed by atoms with Crippen LogP contribution < -0.4 is 0 Å². The summed E-state index contributed by atoms with van der Waals surface area (Å²) in [4.78, 5) is 9.34. The number of hydrogen-bond acceptors (Lipinski definition) is 4. The van der Waals surface area contributed by atoms with Crippen molar-refractivity contribution < 1.29 is 15.1 Å². The lowest BCUT2D eigenvalue weighted by Crippen LogP contribution is -2.33. The van der Waals surface area contributed by atoms with Crippen molar-refractivity contribution in [3.05, 3.63) is 10.1 Å². The Kier molecular flexibility index (Phi) is 3.90. The van der Waals surface area contributed by atoms with Crippen molar-refractivity contribution in [1.29, 1.82) is 0 Å². The summed E-state index contributed by atoms with van der Waals surface area (Å²) in [5.41, 5.74) is 0. The zero-order chi connectivity index (χ0) is 8.15. The molecule has 0 saturated heterocycles. The average Bonchev–Trinajstić information content (AvgIpc) is 1.81. The van der Waals surface area contributed by atoms with E-state index in [0.717, 1.165) is 0 Å². The van der Waals surface area contributed by atoms with E-state index in [0.29, 0.717) is 6.42 Å². The molecule has 0 aromatic heterocycles. The highest BCUT2D eigenvalue weighted by Gasteiger charge is 2.26. The molecule has 0 spiro atoms. The first kappa shape index (κ1) is 9.32. The molecule has 1 unspecified atom stereocenters. The highest BCUT2D eigenvalue weighted by molar-refractivity contribution is 4.56. The minimum absolute atomic E-state index is 0.199. The molecular weight excluding hydrogens is 138 g/mol. The van der Waals surface area contributed by atoms with Crippen LogP contribution in [0.2, 0.25) is 0 Å². The molecule has 0 saturated carbocycles. The van der Waals surface area contributed by atoms with E-state index in [-0.39, 0.29) is 6.42 Å². The van der Waals surface area contributed by atoms with Gasteiger partial charge in [0.05, 0.1) is 0 Å². The van der Waals surface area contributed by atoms with Gasteiger partial charge >= 0.3 is 0 Å². The number of nitrogens with zero attached hydrogens (tertiary/aromatic N) is 1. The summed E-state index contributed by atoms with van der Waals surface area (Å²) in [5.74, 6) is 0. The fourth-order valence-electron chi connectivity index (χ4n) is 0.659. The fourth-order valence-corrected chi connectivity index (χ4v) is 0.659. The van der Waals surface area contributed by atoms with E-state index >= 15 is 0 Å². The molecule has 0 heterocycles. The van der Waals surface area contributed by atoms with Crippen molar-refractivity contribution in [2.45, 2.75) is 32.1 Å². The van der Waals surface area contributed by atoms with Crippen LogP contribution in [0.5, 0.6) is 0 Å². The Morgan fingerprint density at radius 2 is 2.10 bits per heavy atom. The van der Waals surface area contributed by atoms with E-state index < -0.39 is 17.3 Å². The second-order valence-electron chi connectivity index (χ2n) is 2.05. The lowest BCUT2D eigenvalue weighted by Gasteiger charge is -2.08. The largest absolute Gasteiger partial charge is 0.363 e. The first-order chi connectivity index (χ1) is 4.59. The second-order valence-corrected chi connectivity index (χ2v) is 2.05. The molecule has 5 nitrogen and oxygen atoms in total. The standard InChI is InChI=1S/C5H11NO4/c1-2-3-4(5(7)8)6(9)10/h4-5,7-8H,2-3H2,1H3. The first-order valence-electron chi connectivity index (χ1n) is 3.09. The molecule has 0 rings (SSSR count). The average molecular weight is 149 g/mol. The van der Waals surface area contributed by atoms with Crippen molar-refractivity contribution in [3.63, 3.8) is 0 Å². The van der Waals surface area contributed by atoms with Crippen LogP contribution in [-0.2, 0) is 0 Å². The van der Waals surface area contributed by atoms with Gasteiger partial charge < -0.3 is 10.2 Å². The molecule has 0 aromatic carbocycles. The minimum Gasteiger partial charge on any atom is -0.363 e. The molecule has 0 aliphatic heterocycles. The number of hydrogen-bond donors (Lipinski definition) is 2. The van der Waals surface area contributed by atoms with Crippen LogP contribution in [-0.4, -0.2) is 27.5 Å². The molecule has 0 aromatic rings. The third-order valence-electron chi connectivity index (χ3n) is 1.20. The predicted octanol–water partition coefficient (Wildman–Crippen LogP) is -0.258. The van der Waals surface area contributed by atoms with Gasteiger partial charge in [-0.2, -0.15) is 0 Å². The molecule has 2 N–H and O–H groups in total. The third kappa shape index (κ3) is 2.75. The van der Waals surface area contributed by atoms with E-state index in [1.54, 1.807) is 6.92 Å².